The Kier molecular flexibility index (Phi) is 4.45. The highest BCUT2D eigenvalue weighted by Gasteiger charge is 2.36. The smallest absolute Gasteiger partial charge is 0.335 e. The second-order valence-corrected chi connectivity index (χ2v) is 10.3. The topological polar surface area (TPSA) is 111 Å². The molecule has 0 radical (unpaired) electrons. The molecule has 1 aliphatic rings. The first-order valence-corrected chi connectivity index (χ1v) is 12.5. The fraction of sp³-hybridized carbons (Fsp3) is 0.250. The molecule has 2 aromatic carbocycles. The second-order valence-electron chi connectivity index (χ2n) is 8.36. The van der Waals surface area contributed by atoms with E-state index in [9.17, 15) is 13.2 Å². The van der Waals surface area contributed by atoms with Gasteiger partial charge in [-0.05, 0) is 56.3 Å². The number of fused-ring (bicyclic) bond motifs is 2. The predicted molar refractivity (Wildman–Crippen MR) is 132 cm³/mol. The fourth-order valence-corrected chi connectivity index (χ4v) is 4.65. The van der Waals surface area contributed by atoms with Gasteiger partial charge in [0.2, 0.25) is 15.0 Å². The van der Waals surface area contributed by atoms with Gasteiger partial charge in [-0.25, -0.2) is 28.1 Å². The van der Waals surface area contributed by atoms with E-state index >= 15 is 0 Å². The Bertz CT molecular complexity index is 1700. The van der Waals surface area contributed by atoms with Gasteiger partial charge >= 0.3 is 6.03 Å². The number of carbonyl (C=O) groups is 1. The van der Waals surface area contributed by atoms with Crippen LogP contribution >= 0.6 is 0 Å². The molecule has 1 aliphatic heterocycles. The van der Waals surface area contributed by atoms with Crippen LogP contribution in [0.25, 0.3) is 11.0 Å². The number of amides is 2. The number of urea groups is 1. The van der Waals surface area contributed by atoms with E-state index in [4.69, 9.17) is 8.85 Å². The molecule has 180 valence electrons. The van der Waals surface area contributed by atoms with Crippen LogP contribution in [0.3, 0.4) is 0 Å². The fourth-order valence-electron chi connectivity index (χ4n) is 4.09. The number of imidazole rings is 1. The number of rotatable bonds is 4. The molecule has 0 atom stereocenters. The Hall–Kier alpha value is -3.99. The summed E-state index contributed by atoms with van der Waals surface area (Å²) in [6.45, 7) is 3.68. The Morgan fingerprint density at radius 2 is 1.74 bits per heavy atom. The Morgan fingerprint density at radius 3 is 2.43 bits per heavy atom. The molecule has 3 heterocycles. The number of methoxy groups -OCH3 is 1. The molecule has 5 rings (SSSR count). The van der Waals surface area contributed by atoms with Gasteiger partial charge in [-0.2, -0.15) is 4.98 Å². The lowest BCUT2D eigenvalue weighted by atomic mass is 10.1. The second kappa shape index (κ2) is 8.05. The highest BCUT2D eigenvalue weighted by Crippen LogP contribution is 2.38. The summed E-state index contributed by atoms with van der Waals surface area (Å²) < 4.78 is 53.4. The first-order chi connectivity index (χ1) is 17.7. The van der Waals surface area contributed by atoms with Gasteiger partial charge in [0.05, 0.1) is 34.4 Å². The summed E-state index contributed by atoms with van der Waals surface area (Å²) in [7, 11) is -4.51. The normalized spacial score (nSPS) is 15.5. The van der Waals surface area contributed by atoms with Crippen molar-refractivity contribution in [3.8, 4) is 5.75 Å². The highest BCUT2D eigenvalue weighted by molar-refractivity contribution is 7.90. The molecule has 4 aromatic rings. The van der Waals surface area contributed by atoms with Crippen LogP contribution in [0.4, 0.5) is 22.0 Å². The van der Waals surface area contributed by atoms with Crippen LogP contribution in [-0.4, -0.2) is 47.3 Å². The molecule has 0 aliphatic carbocycles. The Labute approximate surface area is 206 Å². The van der Waals surface area contributed by atoms with Gasteiger partial charge in [0.15, 0.2) is 5.82 Å². The number of carbonyl (C=O) groups excluding carboxylic acids is 1. The van der Waals surface area contributed by atoms with Crippen LogP contribution in [0.5, 0.6) is 5.75 Å². The van der Waals surface area contributed by atoms with E-state index in [2.05, 4.69) is 15.0 Å². The van der Waals surface area contributed by atoms with Crippen molar-refractivity contribution in [2.24, 2.45) is 7.05 Å². The third kappa shape index (κ3) is 3.77. The molecule has 0 unspecified atom stereocenters. The molecule has 0 fully saturated rings. The van der Waals surface area contributed by atoms with E-state index in [1.165, 1.54) is 29.2 Å². The third-order valence-electron chi connectivity index (χ3n) is 6.07. The molecule has 2 amide bonds. The van der Waals surface area contributed by atoms with Crippen molar-refractivity contribution in [1.82, 2.24) is 19.5 Å². The van der Waals surface area contributed by atoms with Gasteiger partial charge in [-0.1, -0.05) is 0 Å². The van der Waals surface area contributed by atoms with Gasteiger partial charge in [-0.3, -0.25) is 4.90 Å². The molecular weight excluding hydrogens is 468 g/mol. The maximum atomic E-state index is 14.0. The first-order valence-electron chi connectivity index (χ1n) is 12.1. The number of aromatic nitrogens is 4. The number of anilines is 3. The number of sulfone groups is 1. The summed E-state index contributed by atoms with van der Waals surface area (Å²) in [5.41, 5.74) is 3.57. The lowest BCUT2D eigenvalue weighted by Crippen LogP contribution is -2.46. The largest absolute Gasteiger partial charge is 0.497 e. The number of ether oxygens (including phenoxy) is 1. The Morgan fingerprint density at radius 1 is 1.03 bits per heavy atom. The highest BCUT2D eigenvalue weighted by atomic mass is 32.2. The summed E-state index contributed by atoms with van der Waals surface area (Å²) in [4.78, 5) is 29.8. The summed E-state index contributed by atoms with van der Waals surface area (Å²) in [6, 6.07) is 10.9. The standard InChI is InChI=1S/C24H24N6O4S/c1-14-19-13-29(17-8-11-20-21(12-17)28(3)15(2)26-20)24(31)30(16-6-9-18(34-4)10-7-16)22(19)27-23(25-14)35(5,32)33/h6-12H,13H2,1-5H3/i4D3. The SMILES string of the molecule is [2H]C([2H])([2H])Oc1ccc(N2C(=O)N(c3ccc4nc(C)n(C)c4c3)Cc3c(C)nc(S(C)(=O)=O)nc32)cc1. The van der Waals surface area contributed by atoms with Crippen molar-refractivity contribution in [3.05, 3.63) is 59.5 Å². The van der Waals surface area contributed by atoms with Crippen molar-refractivity contribution in [2.45, 2.75) is 25.5 Å². The molecule has 35 heavy (non-hydrogen) atoms. The average molecular weight is 496 g/mol. The lowest BCUT2D eigenvalue weighted by Gasteiger charge is -2.36. The summed E-state index contributed by atoms with van der Waals surface area (Å²) >= 11 is 0. The zero-order valence-electron chi connectivity index (χ0n) is 22.5. The Balaban J connectivity index is 1.66. The molecule has 0 bridgehead atoms. The van der Waals surface area contributed by atoms with Crippen molar-refractivity contribution >= 4 is 44.1 Å². The van der Waals surface area contributed by atoms with E-state index in [0.29, 0.717) is 22.6 Å². The van der Waals surface area contributed by atoms with Crippen molar-refractivity contribution < 1.29 is 22.1 Å². The van der Waals surface area contributed by atoms with Gasteiger partial charge < -0.3 is 9.30 Å². The molecule has 11 heteroatoms. The molecule has 0 saturated carbocycles. The zero-order chi connectivity index (χ0) is 27.6. The number of hydrogen-bond donors (Lipinski definition) is 0. The van der Waals surface area contributed by atoms with Crippen LogP contribution in [0.15, 0.2) is 47.6 Å². The van der Waals surface area contributed by atoms with Crippen molar-refractivity contribution in [3.63, 3.8) is 0 Å². The van der Waals surface area contributed by atoms with Crippen LogP contribution < -0.4 is 14.5 Å². The molecule has 10 nitrogen and oxygen atoms in total. The predicted octanol–water partition coefficient (Wildman–Crippen LogP) is 3.67. The monoisotopic (exact) mass is 495 g/mol. The molecule has 0 spiro atoms. The van der Waals surface area contributed by atoms with Gasteiger partial charge in [0.25, 0.3) is 0 Å². The summed E-state index contributed by atoms with van der Waals surface area (Å²) in [5.74, 6) is 1.05. The molecule has 0 N–H and O–H groups in total. The van der Waals surface area contributed by atoms with Crippen LogP contribution in [-0.2, 0) is 23.4 Å². The molecule has 0 saturated heterocycles. The van der Waals surface area contributed by atoms with Crippen molar-refractivity contribution in [1.29, 1.82) is 0 Å². The van der Waals surface area contributed by atoms with E-state index < -0.39 is 28.1 Å². The van der Waals surface area contributed by atoms with Gasteiger partial charge in [0.1, 0.15) is 11.6 Å². The van der Waals surface area contributed by atoms with Gasteiger partial charge in [0, 0.05) is 30.2 Å². The quantitative estimate of drug-likeness (QED) is 0.397. The number of aryl methyl sites for hydroxylation is 3. The van der Waals surface area contributed by atoms with E-state index in [0.717, 1.165) is 23.1 Å². The molecular formula is C24H24N6O4S. The number of benzene rings is 2. The van der Waals surface area contributed by atoms with Crippen LogP contribution in [0.2, 0.25) is 0 Å². The number of nitrogens with zero attached hydrogens (tertiary/aromatic N) is 6. The summed E-state index contributed by atoms with van der Waals surface area (Å²) in [6.07, 6.45) is 1.00. The van der Waals surface area contributed by atoms with Crippen LogP contribution in [0, 0.1) is 13.8 Å². The van der Waals surface area contributed by atoms with E-state index in [1.807, 2.05) is 30.7 Å². The van der Waals surface area contributed by atoms with Crippen LogP contribution in [0.1, 0.15) is 21.2 Å². The minimum atomic E-state index is -3.77. The maximum absolute atomic E-state index is 14.0. The average Bonchev–Trinajstić information content (AvgIpc) is 3.11. The lowest BCUT2D eigenvalue weighted by molar-refractivity contribution is 0.252. The first kappa shape index (κ1) is 19.3. The molecule has 2 aromatic heterocycles. The minimum Gasteiger partial charge on any atom is -0.497 e. The zero-order valence-corrected chi connectivity index (χ0v) is 20.3. The van der Waals surface area contributed by atoms with Crippen molar-refractivity contribution in [2.75, 3.05) is 23.1 Å². The summed E-state index contributed by atoms with van der Waals surface area (Å²) in [5, 5.41) is -0.394. The third-order valence-corrected chi connectivity index (χ3v) is 6.91. The maximum Gasteiger partial charge on any atom is 0.335 e. The van der Waals surface area contributed by atoms with E-state index in [1.54, 1.807) is 17.9 Å². The number of hydrogen-bond acceptors (Lipinski definition) is 7. The minimum absolute atomic E-state index is 0.0861. The van der Waals surface area contributed by atoms with E-state index in [-0.39, 0.29) is 18.1 Å². The van der Waals surface area contributed by atoms with Gasteiger partial charge in [-0.15, -0.1) is 0 Å².